The van der Waals surface area contributed by atoms with Gasteiger partial charge in [0.05, 0.1) is 22.4 Å². The highest BCUT2D eigenvalue weighted by atomic mass is 32.2. The van der Waals surface area contributed by atoms with Crippen LogP contribution in [0.5, 0.6) is 0 Å². The predicted octanol–water partition coefficient (Wildman–Crippen LogP) is 2.61. The smallest absolute Gasteiger partial charge is 0.399 e. The zero-order valence-electron chi connectivity index (χ0n) is 16.0. The van der Waals surface area contributed by atoms with Crippen LogP contribution >= 0.6 is 11.8 Å². The summed E-state index contributed by atoms with van der Waals surface area (Å²) in [5.41, 5.74) is -2.99. The molecule has 28 heavy (non-hydrogen) atoms. The molecule has 2 aromatic rings. The number of nitrogens with one attached hydrogen (secondary N) is 1. The van der Waals surface area contributed by atoms with Gasteiger partial charge in [0.15, 0.2) is 5.16 Å². The van der Waals surface area contributed by atoms with Crippen molar-refractivity contribution in [2.24, 2.45) is 0 Å². The van der Waals surface area contributed by atoms with Gasteiger partial charge in [-0.2, -0.15) is 5.26 Å². The van der Waals surface area contributed by atoms with Gasteiger partial charge < -0.3 is 14.3 Å². The number of H-pyrrole nitrogens is 1. The quantitative estimate of drug-likeness (QED) is 0.480. The number of thioether (sulfide) groups is 1. The van der Waals surface area contributed by atoms with E-state index in [4.69, 9.17) is 9.31 Å². The average Bonchev–Trinajstić information content (AvgIpc) is 2.80. The van der Waals surface area contributed by atoms with E-state index < -0.39 is 35.5 Å². The molecule has 1 saturated heterocycles. The number of hydrogen-bond donors (Lipinski definition) is 1. The number of aromatic amines is 1. The van der Waals surface area contributed by atoms with Crippen molar-refractivity contribution in [2.45, 2.75) is 44.1 Å². The summed E-state index contributed by atoms with van der Waals surface area (Å²) in [6.45, 7) is 7.11. The molecule has 0 unspecified atom stereocenters. The van der Waals surface area contributed by atoms with Crippen LogP contribution < -0.4 is 11.0 Å². The van der Waals surface area contributed by atoms with E-state index in [1.165, 1.54) is 0 Å². The average molecular weight is 405 g/mol. The Morgan fingerprint density at radius 1 is 1.18 bits per heavy atom. The highest BCUT2D eigenvalue weighted by Crippen LogP contribution is 2.37. The SMILES string of the molecule is CSc1nc(-c2cc(F)c(B3OC(C)(C)C(C)(C)O3)c(F)c2)c(C#N)c(=O)[nH]1. The lowest BCUT2D eigenvalue weighted by Crippen LogP contribution is -2.41. The molecule has 6 nitrogen and oxygen atoms in total. The first kappa shape index (κ1) is 20.5. The molecule has 0 radical (unpaired) electrons. The number of aromatic nitrogens is 2. The summed E-state index contributed by atoms with van der Waals surface area (Å²) >= 11 is 1.14. The van der Waals surface area contributed by atoms with Crippen LogP contribution in [-0.2, 0) is 9.31 Å². The van der Waals surface area contributed by atoms with E-state index in [9.17, 15) is 18.8 Å². The fraction of sp³-hybridized carbons (Fsp3) is 0.389. The molecule has 1 aliphatic rings. The Kier molecular flexibility index (Phi) is 5.12. The summed E-state index contributed by atoms with van der Waals surface area (Å²) in [5.74, 6) is -1.82. The number of halogens is 2. The zero-order valence-corrected chi connectivity index (χ0v) is 16.8. The second-order valence-electron chi connectivity index (χ2n) is 7.35. The molecule has 3 rings (SSSR count). The molecule has 0 bridgehead atoms. The molecule has 0 aliphatic carbocycles. The van der Waals surface area contributed by atoms with Gasteiger partial charge in [-0.25, -0.2) is 13.8 Å². The molecule has 1 N–H and O–H groups in total. The third-order valence-corrected chi connectivity index (χ3v) is 5.62. The van der Waals surface area contributed by atoms with E-state index >= 15 is 0 Å². The second-order valence-corrected chi connectivity index (χ2v) is 8.15. The van der Waals surface area contributed by atoms with Gasteiger partial charge in [-0.1, -0.05) is 11.8 Å². The molecule has 1 aliphatic heterocycles. The van der Waals surface area contributed by atoms with Gasteiger partial charge in [-0.15, -0.1) is 0 Å². The van der Waals surface area contributed by atoms with Gasteiger partial charge in [0.2, 0.25) is 0 Å². The highest BCUT2D eigenvalue weighted by molar-refractivity contribution is 7.98. The van der Waals surface area contributed by atoms with Crippen molar-refractivity contribution in [1.29, 1.82) is 5.26 Å². The van der Waals surface area contributed by atoms with Crippen LogP contribution in [-0.4, -0.2) is 34.5 Å². The second kappa shape index (κ2) is 6.99. The minimum atomic E-state index is -1.22. The first-order chi connectivity index (χ1) is 13.0. The van der Waals surface area contributed by atoms with Crippen molar-refractivity contribution in [2.75, 3.05) is 6.26 Å². The Morgan fingerprint density at radius 2 is 1.71 bits per heavy atom. The first-order valence-electron chi connectivity index (χ1n) is 8.44. The molecule has 1 aromatic carbocycles. The monoisotopic (exact) mass is 405 g/mol. The van der Waals surface area contributed by atoms with Crippen LogP contribution in [0.25, 0.3) is 11.3 Å². The van der Waals surface area contributed by atoms with Gasteiger partial charge in [0.25, 0.3) is 5.56 Å². The lowest BCUT2D eigenvalue weighted by molar-refractivity contribution is 0.00578. The van der Waals surface area contributed by atoms with Crippen molar-refractivity contribution in [3.63, 3.8) is 0 Å². The lowest BCUT2D eigenvalue weighted by atomic mass is 9.77. The number of nitriles is 1. The van der Waals surface area contributed by atoms with Crippen molar-refractivity contribution in [1.82, 2.24) is 9.97 Å². The molecule has 0 spiro atoms. The molecule has 2 heterocycles. The van der Waals surface area contributed by atoms with Crippen molar-refractivity contribution < 1.29 is 18.1 Å². The minimum Gasteiger partial charge on any atom is -0.399 e. The molecule has 0 saturated carbocycles. The Labute approximate surface area is 165 Å². The van der Waals surface area contributed by atoms with E-state index in [0.29, 0.717) is 0 Å². The molecule has 0 atom stereocenters. The third-order valence-electron chi connectivity index (χ3n) is 5.04. The van der Waals surface area contributed by atoms with E-state index in [1.807, 2.05) is 0 Å². The minimum absolute atomic E-state index is 0.0202. The summed E-state index contributed by atoms with van der Waals surface area (Å²) in [6, 6.07) is 3.78. The predicted molar refractivity (Wildman–Crippen MR) is 102 cm³/mol. The maximum atomic E-state index is 14.9. The number of hydrogen-bond acceptors (Lipinski definition) is 6. The fourth-order valence-corrected chi connectivity index (χ4v) is 3.15. The Morgan fingerprint density at radius 3 is 2.18 bits per heavy atom. The van der Waals surface area contributed by atoms with Crippen LogP contribution in [0.1, 0.15) is 33.3 Å². The highest BCUT2D eigenvalue weighted by Gasteiger charge is 2.53. The van der Waals surface area contributed by atoms with Gasteiger partial charge in [-0.3, -0.25) is 4.79 Å². The summed E-state index contributed by atoms with van der Waals surface area (Å²) < 4.78 is 41.2. The molecular formula is C18H18BF2N3O3S. The fourth-order valence-electron chi connectivity index (χ4n) is 2.77. The van der Waals surface area contributed by atoms with Crippen LogP contribution in [0.3, 0.4) is 0 Å². The van der Waals surface area contributed by atoms with Gasteiger partial charge in [0, 0.05) is 5.56 Å². The van der Waals surface area contributed by atoms with Crippen LogP contribution in [0.15, 0.2) is 22.1 Å². The van der Waals surface area contributed by atoms with E-state index in [0.717, 1.165) is 23.9 Å². The van der Waals surface area contributed by atoms with Crippen LogP contribution in [0, 0.1) is 23.0 Å². The standard InChI is InChI=1S/C18H18BF2N3O3S/c1-17(2)18(3,4)27-19(26-17)13-11(20)6-9(7-12(13)21)14-10(8-22)15(25)24-16(23-14)28-5/h6-7H,1-5H3,(H,23,24,25). The molecule has 10 heteroatoms. The van der Waals surface area contributed by atoms with Gasteiger partial charge in [0.1, 0.15) is 23.3 Å². The van der Waals surface area contributed by atoms with Crippen molar-refractivity contribution in [3.8, 4) is 17.3 Å². The Hall–Kier alpha value is -2.22. The van der Waals surface area contributed by atoms with E-state index in [1.54, 1.807) is 40.0 Å². The number of rotatable bonds is 3. The Bertz CT molecular complexity index is 1010. The molecular weight excluding hydrogens is 387 g/mol. The molecule has 1 fully saturated rings. The summed E-state index contributed by atoms with van der Waals surface area (Å²) in [5, 5.41) is 9.49. The summed E-state index contributed by atoms with van der Waals surface area (Å²) in [7, 11) is -1.22. The van der Waals surface area contributed by atoms with Crippen LogP contribution in [0.4, 0.5) is 8.78 Å². The normalized spacial score (nSPS) is 17.6. The number of nitrogens with zero attached hydrogens (tertiary/aromatic N) is 2. The summed E-state index contributed by atoms with van der Waals surface area (Å²) in [6.07, 6.45) is 1.68. The van der Waals surface area contributed by atoms with Crippen LogP contribution in [0.2, 0.25) is 0 Å². The Balaban J connectivity index is 2.12. The first-order valence-corrected chi connectivity index (χ1v) is 9.66. The van der Waals surface area contributed by atoms with E-state index in [2.05, 4.69) is 9.97 Å². The van der Waals surface area contributed by atoms with Gasteiger partial charge in [-0.05, 0) is 46.1 Å². The molecule has 0 amide bonds. The summed E-state index contributed by atoms with van der Waals surface area (Å²) in [4.78, 5) is 18.6. The van der Waals surface area contributed by atoms with Crippen molar-refractivity contribution >= 4 is 24.3 Å². The topological polar surface area (TPSA) is 88.0 Å². The third kappa shape index (κ3) is 3.34. The zero-order chi connectivity index (χ0) is 20.9. The largest absolute Gasteiger partial charge is 0.500 e. The number of benzene rings is 1. The van der Waals surface area contributed by atoms with E-state index in [-0.39, 0.29) is 27.4 Å². The maximum Gasteiger partial charge on any atom is 0.500 e. The molecule has 146 valence electrons. The van der Waals surface area contributed by atoms with Gasteiger partial charge >= 0.3 is 7.12 Å². The lowest BCUT2D eigenvalue weighted by Gasteiger charge is -2.32. The molecule has 1 aromatic heterocycles. The maximum absolute atomic E-state index is 14.9. The van der Waals surface area contributed by atoms with Crippen molar-refractivity contribution in [3.05, 3.63) is 39.7 Å².